The SMILES string of the molecule is CNCC1CCCN(C(C)C(C)C(=O)OC)C1. The van der Waals surface area contributed by atoms with Crippen LogP contribution in [0.25, 0.3) is 0 Å². The van der Waals surface area contributed by atoms with Crippen molar-refractivity contribution in [3.63, 3.8) is 0 Å². The smallest absolute Gasteiger partial charge is 0.309 e. The van der Waals surface area contributed by atoms with Gasteiger partial charge in [0.2, 0.25) is 0 Å². The van der Waals surface area contributed by atoms with Crippen LogP contribution < -0.4 is 5.32 Å². The van der Waals surface area contributed by atoms with Crippen molar-refractivity contribution < 1.29 is 9.53 Å². The number of piperidine rings is 1. The van der Waals surface area contributed by atoms with Gasteiger partial charge in [-0.15, -0.1) is 0 Å². The number of nitrogens with zero attached hydrogens (tertiary/aromatic N) is 1. The van der Waals surface area contributed by atoms with Crippen LogP contribution in [0.3, 0.4) is 0 Å². The van der Waals surface area contributed by atoms with E-state index in [-0.39, 0.29) is 17.9 Å². The van der Waals surface area contributed by atoms with E-state index in [9.17, 15) is 4.79 Å². The number of methoxy groups -OCH3 is 1. The van der Waals surface area contributed by atoms with Crippen molar-refractivity contribution in [3.05, 3.63) is 0 Å². The summed E-state index contributed by atoms with van der Waals surface area (Å²) in [4.78, 5) is 14.0. The molecule has 0 aromatic heterocycles. The van der Waals surface area contributed by atoms with Crippen molar-refractivity contribution in [1.82, 2.24) is 10.2 Å². The van der Waals surface area contributed by atoms with E-state index in [4.69, 9.17) is 4.74 Å². The fourth-order valence-electron chi connectivity index (χ4n) is 2.62. The van der Waals surface area contributed by atoms with E-state index in [0.29, 0.717) is 5.92 Å². The van der Waals surface area contributed by atoms with Crippen LogP contribution in [0.5, 0.6) is 0 Å². The van der Waals surface area contributed by atoms with Crippen LogP contribution in [0.4, 0.5) is 0 Å². The molecule has 100 valence electrons. The highest BCUT2D eigenvalue weighted by Crippen LogP contribution is 2.21. The molecule has 3 unspecified atom stereocenters. The lowest BCUT2D eigenvalue weighted by Gasteiger charge is -2.38. The van der Waals surface area contributed by atoms with Gasteiger partial charge in [0, 0.05) is 12.6 Å². The van der Waals surface area contributed by atoms with Gasteiger partial charge >= 0.3 is 5.97 Å². The predicted octanol–water partition coefficient (Wildman–Crippen LogP) is 1.12. The number of hydrogen-bond acceptors (Lipinski definition) is 4. The van der Waals surface area contributed by atoms with Crippen molar-refractivity contribution in [3.8, 4) is 0 Å². The third kappa shape index (κ3) is 3.96. The van der Waals surface area contributed by atoms with E-state index < -0.39 is 0 Å². The second kappa shape index (κ2) is 6.97. The van der Waals surface area contributed by atoms with Crippen LogP contribution in [0.1, 0.15) is 26.7 Å². The Hall–Kier alpha value is -0.610. The lowest BCUT2D eigenvalue weighted by Crippen LogP contribution is -2.47. The monoisotopic (exact) mass is 242 g/mol. The highest BCUT2D eigenvalue weighted by Gasteiger charge is 2.29. The molecule has 3 atom stereocenters. The summed E-state index contributed by atoms with van der Waals surface area (Å²) in [5.41, 5.74) is 0. The molecule has 0 aliphatic carbocycles. The maximum atomic E-state index is 11.5. The predicted molar refractivity (Wildman–Crippen MR) is 68.9 cm³/mol. The minimum Gasteiger partial charge on any atom is -0.469 e. The van der Waals surface area contributed by atoms with Crippen molar-refractivity contribution in [2.45, 2.75) is 32.7 Å². The normalized spacial score (nSPS) is 25.3. The van der Waals surface area contributed by atoms with Crippen LogP contribution in [-0.4, -0.2) is 50.7 Å². The fraction of sp³-hybridized carbons (Fsp3) is 0.923. The van der Waals surface area contributed by atoms with Gasteiger partial charge in [-0.1, -0.05) is 6.92 Å². The number of carbonyl (C=O) groups is 1. The van der Waals surface area contributed by atoms with Crippen LogP contribution in [0.2, 0.25) is 0 Å². The lowest BCUT2D eigenvalue weighted by atomic mass is 9.93. The zero-order chi connectivity index (χ0) is 12.8. The second-order valence-corrected chi connectivity index (χ2v) is 5.11. The molecule has 1 aliphatic rings. The maximum Gasteiger partial charge on any atom is 0.309 e. The molecule has 1 saturated heterocycles. The molecule has 0 aromatic rings. The van der Waals surface area contributed by atoms with Crippen LogP contribution in [0.15, 0.2) is 0 Å². The first-order valence-corrected chi connectivity index (χ1v) is 6.56. The molecule has 0 aromatic carbocycles. The van der Waals surface area contributed by atoms with E-state index >= 15 is 0 Å². The standard InChI is InChI=1S/C13H26N2O2/c1-10(13(16)17-4)11(2)15-7-5-6-12(9-15)8-14-3/h10-12,14H,5-9H2,1-4H3. The summed E-state index contributed by atoms with van der Waals surface area (Å²) in [5, 5.41) is 3.24. The second-order valence-electron chi connectivity index (χ2n) is 5.11. The first-order chi connectivity index (χ1) is 8.10. The summed E-state index contributed by atoms with van der Waals surface area (Å²) >= 11 is 0. The first-order valence-electron chi connectivity index (χ1n) is 6.56. The average molecular weight is 242 g/mol. The average Bonchev–Trinajstić information content (AvgIpc) is 2.36. The topological polar surface area (TPSA) is 41.6 Å². The summed E-state index contributed by atoms with van der Waals surface area (Å²) in [6.07, 6.45) is 2.52. The van der Waals surface area contributed by atoms with Crippen molar-refractivity contribution in [1.29, 1.82) is 0 Å². The third-order valence-electron chi connectivity index (χ3n) is 3.92. The molecule has 0 saturated carbocycles. The maximum absolute atomic E-state index is 11.5. The molecule has 17 heavy (non-hydrogen) atoms. The van der Waals surface area contributed by atoms with Gasteiger partial charge in [-0.3, -0.25) is 9.69 Å². The number of rotatable bonds is 5. The Morgan fingerprint density at radius 1 is 1.53 bits per heavy atom. The summed E-state index contributed by atoms with van der Waals surface area (Å²) in [6.45, 7) is 7.34. The van der Waals surface area contributed by atoms with Crippen molar-refractivity contribution in [2.75, 3.05) is 33.8 Å². The number of hydrogen-bond donors (Lipinski definition) is 1. The molecule has 4 heteroatoms. The first kappa shape index (κ1) is 14.5. The van der Waals surface area contributed by atoms with Gasteiger partial charge in [0.25, 0.3) is 0 Å². The van der Waals surface area contributed by atoms with Gasteiger partial charge in [0.15, 0.2) is 0 Å². The molecule has 1 N–H and O–H groups in total. The number of likely N-dealkylation sites (tertiary alicyclic amines) is 1. The number of carbonyl (C=O) groups excluding carboxylic acids is 1. The molecule has 1 heterocycles. The number of nitrogens with one attached hydrogen (secondary N) is 1. The van der Waals surface area contributed by atoms with Crippen LogP contribution >= 0.6 is 0 Å². The minimum absolute atomic E-state index is 0.0478. The number of ether oxygens (including phenoxy) is 1. The van der Waals surface area contributed by atoms with Gasteiger partial charge in [0.1, 0.15) is 0 Å². The minimum atomic E-state index is -0.103. The Bertz CT molecular complexity index is 244. The quantitative estimate of drug-likeness (QED) is 0.734. The fourth-order valence-corrected chi connectivity index (χ4v) is 2.62. The molecule has 0 amide bonds. The van der Waals surface area contributed by atoms with Crippen LogP contribution in [0, 0.1) is 11.8 Å². The van der Waals surface area contributed by atoms with Gasteiger partial charge < -0.3 is 10.1 Å². The molecular formula is C13H26N2O2. The zero-order valence-electron chi connectivity index (χ0n) is 11.5. The molecule has 4 nitrogen and oxygen atoms in total. The summed E-state index contributed by atoms with van der Waals surface area (Å²) in [5.74, 6) is 0.558. The Balaban J connectivity index is 2.50. The summed E-state index contributed by atoms with van der Waals surface area (Å²) < 4.78 is 4.82. The largest absolute Gasteiger partial charge is 0.469 e. The Morgan fingerprint density at radius 2 is 2.24 bits per heavy atom. The molecule has 0 spiro atoms. The molecule has 1 aliphatic heterocycles. The van der Waals surface area contributed by atoms with E-state index in [2.05, 4.69) is 17.1 Å². The Morgan fingerprint density at radius 3 is 2.82 bits per heavy atom. The van der Waals surface area contributed by atoms with Crippen molar-refractivity contribution in [2.24, 2.45) is 11.8 Å². The molecular weight excluding hydrogens is 216 g/mol. The van der Waals surface area contributed by atoms with E-state index in [1.54, 1.807) is 0 Å². The van der Waals surface area contributed by atoms with E-state index in [0.717, 1.165) is 19.6 Å². The molecule has 1 rings (SSSR count). The van der Waals surface area contributed by atoms with Crippen molar-refractivity contribution >= 4 is 5.97 Å². The van der Waals surface area contributed by atoms with Crippen LogP contribution in [-0.2, 0) is 9.53 Å². The van der Waals surface area contributed by atoms with Gasteiger partial charge in [0.05, 0.1) is 13.0 Å². The van der Waals surface area contributed by atoms with Gasteiger partial charge in [-0.2, -0.15) is 0 Å². The zero-order valence-corrected chi connectivity index (χ0v) is 11.5. The lowest BCUT2D eigenvalue weighted by molar-refractivity contribution is -0.147. The molecule has 0 radical (unpaired) electrons. The molecule has 0 bridgehead atoms. The Kier molecular flexibility index (Phi) is 5.92. The Labute approximate surface area is 105 Å². The summed E-state index contributed by atoms with van der Waals surface area (Å²) in [7, 11) is 3.46. The highest BCUT2D eigenvalue weighted by molar-refractivity contribution is 5.72. The summed E-state index contributed by atoms with van der Waals surface area (Å²) in [6, 6.07) is 0.266. The number of esters is 1. The van der Waals surface area contributed by atoms with Gasteiger partial charge in [-0.05, 0) is 45.8 Å². The van der Waals surface area contributed by atoms with E-state index in [1.165, 1.54) is 20.0 Å². The highest BCUT2D eigenvalue weighted by atomic mass is 16.5. The molecule has 1 fully saturated rings. The van der Waals surface area contributed by atoms with E-state index in [1.807, 2.05) is 14.0 Å². The van der Waals surface area contributed by atoms with Gasteiger partial charge in [-0.25, -0.2) is 0 Å². The third-order valence-corrected chi connectivity index (χ3v) is 3.92.